The van der Waals surface area contributed by atoms with Crippen LogP contribution < -0.4 is 16.2 Å². The number of anilines is 1. The fourth-order valence-electron chi connectivity index (χ4n) is 2.30. The molecule has 0 aliphatic rings. The SMILES string of the molecule is CCCCCCCC(NN)c1ccc(N(C)C)cc1. The molecule has 19 heavy (non-hydrogen) atoms. The fraction of sp³-hybridized carbons (Fsp3) is 0.625. The highest BCUT2D eigenvalue weighted by molar-refractivity contribution is 5.46. The second-order valence-corrected chi connectivity index (χ2v) is 5.41. The van der Waals surface area contributed by atoms with E-state index in [-0.39, 0.29) is 6.04 Å². The third kappa shape index (κ3) is 5.62. The van der Waals surface area contributed by atoms with E-state index in [9.17, 15) is 0 Å². The van der Waals surface area contributed by atoms with E-state index in [1.165, 1.54) is 43.4 Å². The number of hydrazine groups is 1. The van der Waals surface area contributed by atoms with Gasteiger partial charge in [-0.3, -0.25) is 11.3 Å². The number of unbranched alkanes of at least 4 members (excludes halogenated alkanes) is 4. The summed E-state index contributed by atoms with van der Waals surface area (Å²) in [5.74, 6) is 5.68. The second kappa shape index (κ2) is 8.94. The van der Waals surface area contributed by atoms with E-state index in [4.69, 9.17) is 5.84 Å². The Morgan fingerprint density at radius 3 is 2.21 bits per heavy atom. The van der Waals surface area contributed by atoms with Gasteiger partial charge >= 0.3 is 0 Å². The molecule has 0 aromatic heterocycles. The average molecular weight is 263 g/mol. The van der Waals surface area contributed by atoms with E-state index in [0.29, 0.717) is 0 Å². The first-order chi connectivity index (χ1) is 9.19. The molecule has 1 aromatic carbocycles. The van der Waals surface area contributed by atoms with E-state index < -0.39 is 0 Å². The number of nitrogens with one attached hydrogen (secondary N) is 1. The van der Waals surface area contributed by atoms with E-state index in [0.717, 1.165) is 6.42 Å². The molecule has 3 N–H and O–H groups in total. The molecule has 0 aliphatic heterocycles. The molecule has 3 nitrogen and oxygen atoms in total. The van der Waals surface area contributed by atoms with Crippen LogP contribution >= 0.6 is 0 Å². The molecule has 108 valence electrons. The van der Waals surface area contributed by atoms with Crippen LogP contribution in [-0.2, 0) is 0 Å². The Hall–Kier alpha value is -1.06. The van der Waals surface area contributed by atoms with Crippen molar-refractivity contribution in [2.75, 3.05) is 19.0 Å². The molecule has 0 amide bonds. The van der Waals surface area contributed by atoms with Gasteiger partial charge in [0.1, 0.15) is 0 Å². The molecule has 0 saturated carbocycles. The summed E-state index contributed by atoms with van der Waals surface area (Å²) in [5, 5.41) is 0. The van der Waals surface area contributed by atoms with Crippen LogP contribution in [0.5, 0.6) is 0 Å². The zero-order chi connectivity index (χ0) is 14.1. The van der Waals surface area contributed by atoms with Crippen LogP contribution in [0.2, 0.25) is 0 Å². The third-order valence-corrected chi connectivity index (χ3v) is 3.61. The number of rotatable bonds is 9. The molecule has 1 rings (SSSR count). The van der Waals surface area contributed by atoms with Crippen LogP contribution in [0.25, 0.3) is 0 Å². The molecule has 1 aromatic rings. The number of hydrogen-bond acceptors (Lipinski definition) is 3. The lowest BCUT2D eigenvalue weighted by Crippen LogP contribution is -2.28. The van der Waals surface area contributed by atoms with Gasteiger partial charge in [0, 0.05) is 25.8 Å². The molecule has 0 aliphatic carbocycles. The quantitative estimate of drug-likeness (QED) is 0.406. The standard InChI is InChI=1S/C16H29N3/c1-4-5-6-7-8-9-16(18-17)14-10-12-15(13-11-14)19(2)3/h10-13,16,18H,4-9,17H2,1-3H3. The van der Waals surface area contributed by atoms with Crippen molar-refractivity contribution in [3.8, 4) is 0 Å². The lowest BCUT2D eigenvalue weighted by molar-refractivity contribution is 0.479. The van der Waals surface area contributed by atoms with Gasteiger partial charge in [-0.2, -0.15) is 0 Å². The Balaban J connectivity index is 2.45. The van der Waals surface area contributed by atoms with E-state index in [1.54, 1.807) is 0 Å². The van der Waals surface area contributed by atoms with Crippen LogP contribution in [0, 0.1) is 0 Å². The predicted octanol–water partition coefficient (Wildman–Crippen LogP) is 3.62. The van der Waals surface area contributed by atoms with Crippen molar-refractivity contribution in [1.29, 1.82) is 0 Å². The van der Waals surface area contributed by atoms with Gasteiger partial charge in [0.2, 0.25) is 0 Å². The fourth-order valence-corrected chi connectivity index (χ4v) is 2.30. The van der Waals surface area contributed by atoms with Crippen LogP contribution in [0.1, 0.15) is 57.1 Å². The first-order valence-electron chi connectivity index (χ1n) is 7.42. The van der Waals surface area contributed by atoms with E-state index in [2.05, 4.69) is 55.6 Å². The largest absolute Gasteiger partial charge is 0.378 e. The zero-order valence-electron chi connectivity index (χ0n) is 12.7. The van der Waals surface area contributed by atoms with Crippen molar-refractivity contribution >= 4 is 5.69 Å². The van der Waals surface area contributed by atoms with Gasteiger partial charge in [-0.1, -0.05) is 51.2 Å². The molecule has 0 saturated heterocycles. The highest BCUT2D eigenvalue weighted by Gasteiger charge is 2.09. The smallest absolute Gasteiger partial charge is 0.0460 e. The van der Waals surface area contributed by atoms with Crippen molar-refractivity contribution in [2.45, 2.75) is 51.5 Å². The van der Waals surface area contributed by atoms with Crippen molar-refractivity contribution in [3.63, 3.8) is 0 Å². The summed E-state index contributed by atoms with van der Waals surface area (Å²) in [6, 6.07) is 8.92. The van der Waals surface area contributed by atoms with Crippen molar-refractivity contribution in [3.05, 3.63) is 29.8 Å². The summed E-state index contributed by atoms with van der Waals surface area (Å²) in [4.78, 5) is 2.11. The van der Waals surface area contributed by atoms with E-state index >= 15 is 0 Å². The van der Waals surface area contributed by atoms with Crippen molar-refractivity contribution in [1.82, 2.24) is 5.43 Å². The van der Waals surface area contributed by atoms with Crippen LogP contribution in [0.3, 0.4) is 0 Å². The zero-order valence-corrected chi connectivity index (χ0v) is 12.7. The lowest BCUT2D eigenvalue weighted by atomic mass is 10.00. The molecule has 1 atom stereocenters. The predicted molar refractivity (Wildman–Crippen MR) is 84.2 cm³/mol. The molecule has 0 spiro atoms. The minimum Gasteiger partial charge on any atom is -0.378 e. The summed E-state index contributed by atoms with van der Waals surface area (Å²) < 4.78 is 0. The summed E-state index contributed by atoms with van der Waals surface area (Å²) >= 11 is 0. The van der Waals surface area contributed by atoms with Crippen molar-refractivity contribution in [2.24, 2.45) is 5.84 Å². The van der Waals surface area contributed by atoms with Crippen LogP contribution in [0.15, 0.2) is 24.3 Å². The minimum absolute atomic E-state index is 0.276. The summed E-state index contributed by atoms with van der Waals surface area (Å²) in [5.41, 5.74) is 5.45. The highest BCUT2D eigenvalue weighted by Crippen LogP contribution is 2.22. The van der Waals surface area contributed by atoms with Gasteiger partial charge in [0.25, 0.3) is 0 Å². The van der Waals surface area contributed by atoms with E-state index in [1.807, 2.05) is 0 Å². The van der Waals surface area contributed by atoms with Crippen molar-refractivity contribution < 1.29 is 0 Å². The lowest BCUT2D eigenvalue weighted by Gasteiger charge is -2.18. The summed E-state index contributed by atoms with van der Waals surface area (Å²) in [6.45, 7) is 2.25. The van der Waals surface area contributed by atoms with Gasteiger partial charge in [0.15, 0.2) is 0 Å². The Morgan fingerprint density at radius 2 is 1.68 bits per heavy atom. The average Bonchev–Trinajstić information content (AvgIpc) is 2.43. The van der Waals surface area contributed by atoms with Gasteiger partial charge in [0.05, 0.1) is 0 Å². The Bertz CT molecular complexity index is 332. The first-order valence-corrected chi connectivity index (χ1v) is 7.42. The molecule has 3 heteroatoms. The number of nitrogens with zero attached hydrogens (tertiary/aromatic N) is 1. The maximum Gasteiger partial charge on any atom is 0.0460 e. The molecular formula is C16H29N3. The second-order valence-electron chi connectivity index (χ2n) is 5.41. The maximum atomic E-state index is 5.68. The molecule has 0 bridgehead atoms. The van der Waals surface area contributed by atoms with Gasteiger partial charge in [-0.15, -0.1) is 0 Å². The number of benzene rings is 1. The highest BCUT2D eigenvalue weighted by atomic mass is 15.2. The molecule has 0 radical (unpaired) electrons. The van der Waals surface area contributed by atoms with Gasteiger partial charge in [-0.25, -0.2) is 0 Å². The van der Waals surface area contributed by atoms with Gasteiger partial charge in [-0.05, 0) is 24.1 Å². The number of nitrogens with two attached hydrogens (primary N) is 1. The Kier molecular flexibility index (Phi) is 7.53. The summed E-state index contributed by atoms with van der Waals surface area (Å²) in [7, 11) is 4.11. The van der Waals surface area contributed by atoms with Crippen LogP contribution in [0.4, 0.5) is 5.69 Å². The monoisotopic (exact) mass is 263 g/mol. The molecular weight excluding hydrogens is 234 g/mol. The topological polar surface area (TPSA) is 41.3 Å². The first kappa shape index (κ1) is 16.0. The minimum atomic E-state index is 0.276. The molecule has 1 unspecified atom stereocenters. The molecule has 0 fully saturated rings. The Labute approximate surface area is 118 Å². The number of hydrogen-bond donors (Lipinski definition) is 2. The van der Waals surface area contributed by atoms with Gasteiger partial charge < -0.3 is 4.90 Å². The van der Waals surface area contributed by atoms with Crippen LogP contribution in [-0.4, -0.2) is 14.1 Å². The maximum absolute atomic E-state index is 5.68. The Morgan fingerprint density at radius 1 is 1.05 bits per heavy atom. The third-order valence-electron chi connectivity index (χ3n) is 3.61. The summed E-state index contributed by atoms with van der Waals surface area (Å²) in [6.07, 6.45) is 7.64. The normalized spacial score (nSPS) is 12.4. The molecule has 0 heterocycles.